The first-order chi connectivity index (χ1) is 10.8. The van der Waals surface area contributed by atoms with E-state index >= 15 is 0 Å². The molecule has 0 aliphatic carbocycles. The van der Waals surface area contributed by atoms with Crippen molar-refractivity contribution < 1.29 is 9.53 Å². The highest BCUT2D eigenvalue weighted by Crippen LogP contribution is 2.21. The molecule has 1 N–H and O–H groups in total. The number of likely N-dealkylation sites (tertiary alicyclic amines) is 1. The van der Waals surface area contributed by atoms with Crippen molar-refractivity contribution >= 4 is 17.7 Å². The maximum Gasteiger partial charge on any atom is 0.407 e. The van der Waals surface area contributed by atoms with Crippen molar-refractivity contribution in [3.8, 4) is 0 Å². The zero-order valence-electron chi connectivity index (χ0n) is 14.0. The second-order valence-corrected chi connectivity index (χ2v) is 7.15. The van der Waals surface area contributed by atoms with Crippen molar-refractivity contribution in [1.82, 2.24) is 20.2 Å². The van der Waals surface area contributed by atoms with Crippen LogP contribution in [-0.2, 0) is 11.3 Å². The molecule has 1 aliphatic heterocycles. The number of rotatable bonds is 4. The summed E-state index contributed by atoms with van der Waals surface area (Å²) in [6.45, 7) is 7.74. The lowest BCUT2D eigenvalue weighted by atomic mass is 10.0. The molecular formula is C16H25ClN4O2. The van der Waals surface area contributed by atoms with E-state index in [1.165, 1.54) is 0 Å². The molecule has 0 spiro atoms. The maximum atomic E-state index is 11.8. The van der Waals surface area contributed by atoms with Gasteiger partial charge in [-0.05, 0) is 40.2 Å². The Morgan fingerprint density at radius 3 is 2.83 bits per heavy atom. The molecule has 23 heavy (non-hydrogen) atoms. The summed E-state index contributed by atoms with van der Waals surface area (Å²) in [5.74, 6) is 0. The maximum absolute atomic E-state index is 11.8. The number of halogens is 1. The molecule has 7 heteroatoms. The molecule has 1 aromatic rings. The van der Waals surface area contributed by atoms with Gasteiger partial charge in [-0.25, -0.2) is 9.78 Å². The Kier molecular flexibility index (Phi) is 6.18. The van der Waals surface area contributed by atoms with Crippen molar-refractivity contribution in [2.24, 2.45) is 0 Å². The van der Waals surface area contributed by atoms with Crippen LogP contribution in [0.15, 0.2) is 12.4 Å². The smallest absolute Gasteiger partial charge is 0.407 e. The van der Waals surface area contributed by atoms with Gasteiger partial charge in [-0.15, -0.1) is 0 Å². The number of ether oxygens (including phenoxy) is 1. The second-order valence-electron chi connectivity index (χ2n) is 6.80. The first kappa shape index (κ1) is 17.9. The molecule has 0 bridgehead atoms. The molecule has 1 aliphatic rings. The van der Waals surface area contributed by atoms with Gasteiger partial charge in [0.05, 0.1) is 5.69 Å². The summed E-state index contributed by atoms with van der Waals surface area (Å²) in [4.78, 5) is 22.5. The van der Waals surface area contributed by atoms with E-state index < -0.39 is 5.60 Å². The molecule has 0 unspecified atom stereocenters. The van der Waals surface area contributed by atoms with Gasteiger partial charge in [0.25, 0.3) is 0 Å². The van der Waals surface area contributed by atoms with E-state index in [0.29, 0.717) is 18.2 Å². The number of carbonyl (C=O) groups excluding carboxylic acids is 1. The van der Waals surface area contributed by atoms with Gasteiger partial charge in [-0.1, -0.05) is 18.0 Å². The van der Waals surface area contributed by atoms with Crippen LogP contribution in [0, 0.1) is 0 Å². The summed E-state index contributed by atoms with van der Waals surface area (Å²) in [5.41, 5.74) is 0.294. The van der Waals surface area contributed by atoms with Crippen LogP contribution in [0.3, 0.4) is 0 Å². The van der Waals surface area contributed by atoms with E-state index in [1.54, 1.807) is 12.4 Å². The molecule has 1 saturated heterocycles. The standard InChI is InChI=1S/C16H25ClN4O2/c1-16(2,3)23-15(22)20-10-12-6-4-5-9-21(12)11-13-14(17)19-8-7-18-13/h7-8,12H,4-6,9-11H2,1-3H3,(H,20,22)/t12-/m0/s1. The molecule has 6 nitrogen and oxygen atoms in total. The topological polar surface area (TPSA) is 67.3 Å². The Morgan fingerprint density at radius 2 is 2.13 bits per heavy atom. The Labute approximate surface area is 142 Å². The van der Waals surface area contributed by atoms with Gasteiger partial charge in [-0.2, -0.15) is 0 Å². The number of aromatic nitrogens is 2. The van der Waals surface area contributed by atoms with Crippen molar-refractivity contribution in [2.45, 2.75) is 58.2 Å². The largest absolute Gasteiger partial charge is 0.444 e. The third kappa shape index (κ3) is 5.95. The third-order valence-corrected chi connectivity index (χ3v) is 4.02. The number of hydrogen-bond acceptors (Lipinski definition) is 5. The van der Waals surface area contributed by atoms with E-state index in [-0.39, 0.29) is 12.1 Å². The van der Waals surface area contributed by atoms with E-state index in [1.807, 2.05) is 20.8 Å². The molecule has 1 aromatic heterocycles. The molecule has 0 aromatic carbocycles. The number of nitrogens with one attached hydrogen (secondary N) is 1. The zero-order valence-corrected chi connectivity index (χ0v) is 14.8. The normalized spacial score (nSPS) is 19.4. The summed E-state index contributed by atoms with van der Waals surface area (Å²) in [6.07, 6.45) is 6.20. The minimum atomic E-state index is -0.483. The van der Waals surface area contributed by atoms with Gasteiger partial charge in [-0.3, -0.25) is 9.88 Å². The summed E-state index contributed by atoms with van der Waals surface area (Å²) >= 11 is 6.10. The van der Waals surface area contributed by atoms with Crippen molar-refractivity contribution in [3.63, 3.8) is 0 Å². The van der Waals surface area contributed by atoms with E-state index in [2.05, 4.69) is 20.2 Å². The Bertz CT molecular complexity index is 533. The predicted molar refractivity (Wildman–Crippen MR) is 89.3 cm³/mol. The fourth-order valence-electron chi connectivity index (χ4n) is 2.66. The fraction of sp³-hybridized carbons (Fsp3) is 0.688. The van der Waals surface area contributed by atoms with Gasteiger partial charge in [0.2, 0.25) is 0 Å². The average molecular weight is 341 g/mol. The lowest BCUT2D eigenvalue weighted by Gasteiger charge is -2.35. The van der Waals surface area contributed by atoms with Gasteiger partial charge < -0.3 is 10.1 Å². The lowest BCUT2D eigenvalue weighted by molar-refractivity contribution is 0.0491. The van der Waals surface area contributed by atoms with E-state index in [4.69, 9.17) is 16.3 Å². The molecule has 2 heterocycles. The first-order valence-corrected chi connectivity index (χ1v) is 8.39. The average Bonchev–Trinajstić information content (AvgIpc) is 2.47. The van der Waals surface area contributed by atoms with E-state index in [9.17, 15) is 4.79 Å². The van der Waals surface area contributed by atoms with Crippen LogP contribution in [0.25, 0.3) is 0 Å². The molecule has 0 saturated carbocycles. The number of amides is 1. The highest BCUT2D eigenvalue weighted by atomic mass is 35.5. The first-order valence-electron chi connectivity index (χ1n) is 8.01. The molecule has 2 rings (SSSR count). The SMILES string of the molecule is CC(C)(C)OC(=O)NC[C@@H]1CCCCN1Cc1nccnc1Cl. The van der Waals surface area contributed by atoms with Gasteiger partial charge in [0, 0.05) is 31.5 Å². The van der Waals surface area contributed by atoms with E-state index in [0.717, 1.165) is 31.5 Å². The predicted octanol–water partition coefficient (Wildman–Crippen LogP) is 3.01. The third-order valence-electron chi connectivity index (χ3n) is 3.71. The van der Waals surface area contributed by atoms with Crippen LogP contribution >= 0.6 is 11.6 Å². The number of carbonyl (C=O) groups is 1. The van der Waals surface area contributed by atoms with Crippen molar-refractivity contribution in [2.75, 3.05) is 13.1 Å². The Balaban J connectivity index is 1.91. The zero-order chi connectivity index (χ0) is 16.9. The molecular weight excluding hydrogens is 316 g/mol. The second kappa shape index (κ2) is 7.93. The van der Waals surface area contributed by atoms with Crippen LogP contribution < -0.4 is 5.32 Å². The number of alkyl carbamates (subject to hydrolysis) is 1. The van der Waals surface area contributed by atoms with Crippen LogP contribution in [0.2, 0.25) is 5.15 Å². The van der Waals surface area contributed by atoms with Crippen molar-refractivity contribution in [3.05, 3.63) is 23.2 Å². The summed E-state index contributed by atoms with van der Waals surface area (Å²) < 4.78 is 5.29. The minimum Gasteiger partial charge on any atom is -0.444 e. The van der Waals surface area contributed by atoms with Crippen LogP contribution in [0.5, 0.6) is 0 Å². The lowest BCUT2D eigenvalue weighted by Crippen LogP contribution is -2.47. The molecule has 1 fully saturated rings. The summed E-state index contributed by atoms with van der Waals surface area (Å²) in [6, 6.07) is 0.259. The molecule has 1 amide bonds. The molecule has 1 atom stereocenters. The Hall–Kier alpha value is -1.40. The monoisotopic (exact) mass is 340 g/mol. The quantitative estimate of drug-likeness (QED) is 0.912. The number of nitrogens with zero attached hydrogens (tertiary/aromatic N) is 3. The molecule has 0 radical (unpaired) electrons. The van der Waals surface area contributed by atoms with Gasteiger partial charge >= 0.3 is 6.09 Å². The van der Waals surface area contributed by atoms with Crippen molar-refractivity contribution in [1.29, 1.82) is 0 Å². The van der Waals surface area contributed by atoms with Gasteiger partial charge in [0.15, 0.2) is 5.15 Å². The highest BCUT2D eigenvalue weighted by molar-refractivity contribution is 6.29. The van der Waals surface area contributed by atoms with Crippen LogP contribution in [0.4, 0.5) is 4.79 Å². The summed E-state index contributed by atoms with van der Waals surface area (Å²) in [7, 11) is 0. The van der Waals surface area contributed by atoms with Gasteiger partial charge in [0.1, 0.15) is 5.60 Å². The fourth-order valence-corrected chi connectivity index (χ4v) is 2.83. The van der Waals surface area contributed by atoms with Crippen LogP contribution in [-0.4, -0.2) is 45.7 Å². The number of piperidine rings is 1. The minimum absolute atomic E-state index is 0.259. The highest BCUT2D eigenvalue weighted by Gasteiger charge is 2.25. The molecule has 128 valence electrons. The Morgan fingerprint density at radius 1 is 1.39 bits per heavy atom. The number of hydrogen-bond donors (Lipinski definition) is 1. The van der Waals surface area contributed by atoms with Crippen LogP contribution in [0.1, 0.15) is 45.7 Å². The summed E-state index contributed by atoms with van der Waals surface area (Å²) in [5, 5.41) is 3.31.